The lowest BCUT2D eigenvalue weighted by molar-refractivity contribution is -0.122. The number of methoxy groups -OCH3 is 1. The third-order valence-electron chi connectivity index (χ3n) is 6.02. The van der Waals surface area contributed by atoms with Gasteiger partial charge in [0.05, 0.1) is 17.7 Å². The highest BCUT2D eigenvalue weighted by atomic mass is 32.2. The Bertz CT molecular complexity index is 1520. The molecule has 3 aromatic carbocycles. The first-order valence-electron chi connectivity index (χ1n) is 12.0. The number of primary amides is 1. The minimum absolute atomic E-state index is 0.101. The van der Waals surface area contributed by atoms with Crippen molar-refractivity contribution in [3.63, 3.8) is 0 Å². The summed E-state index contributed by atoms with van der Waals surface area (Å²) >= 11 is 1.34. The number of hydrogen-bond donors (Lipinski definition) is 2. The van der Waals surface area contributed by atoms with Crippen molar-refractivity contribution in [2.75, 3.05) is 20.3 Å². The molecule has 2 amide bonds. The van der Waals surface area contributed by atoms with Crippen molar-refractivity contribution in [3.05, 3.63) is 95.0 Å². The lowest BCUT2D eigenvalue weighted by atomic mass is 10.1. The van der Waals surface area contributed by atoms with Crippen molar-refractivity contribution in [1.29, 1.82) is 0 Å². The van der Waals surface area contributed by atoms with Crippen LogP contribution in [0.1, 0.15) is 11.1 Å². The molecule has 8 nitrogen and oxygen atoms in total. The Morgan fingerprint density at radius 2 is 1.79 bits per heavy atom. The number of aromatic amines is 1. The van der Waals surface area contributed by atoms with E-state index in [0.29, 0.717) is 28.8 Å². The van der Waals surface area contributed by atoms with Gasteiger partial charge in [0.25, 0.3) is 11.8 Å². The molecule has 9 heteroatoms. The molecular weight excluding hydrogens is 500 g/mol. The third kappa shape index (κ3) is 5.73. The number of nitrogens with one attached hydrogen (secondary N) is 1. The SMILES string of the molecule is COc1ccc(N=C2S/C(=C\c3ccc(OCC(N)=O)cc3)C(=O)N2CCc2c[nH]c3ccccc23)cc1. The highest BCUT2D eigenvalue weighted by Gasteiger charge is 2.33. The minimum Gasteiger partial charge on any atom is -0.497 e. The first-order chi connectivity index (χ1) is 18.5. The summed E-state index contributed by atoms with van der Waals surface area (Å²) in [6, 6.07) is 22.7. The van der Waals surface area contributed by atoms with E-state index in [1.165, 1.54) is 11.8 Å². The van der Waals surface area contributed by atoms with Crippen LogP contribution in [0, 0.1) is 0 Å². The maximum atomic E-state index is 13.5. The molecule has 1 fully saturated rings. The highest BCUT2D eigenvalue weighted by Crippen LogP contribution is 2.35. The van der Waals surface area contributed by atoms with Gasteiger partial charge < -0.3 is 20.2 Å². The Balaban J connectivity index is 1.40. The van der Waals surface area contributed by atoms with Crippen molar-refractivity contribution in [2.45, 2.75) is 6.42 Å². The molecular formula is C29H26N4O4S. The van der Waals surface area contributed by atoms with Crippen LogP contribution in [-0.2, 0) is 16.0 Å². The van der Waals surface area contributed by atoms with Crippen molar-refractivity contribution in [3.8, 4) is 11.5 Å². The maximum Gasteiger partial charge on any atom is 0.266 e. The van der Waals surface area contributed by atoms with Gasteiger partial charge in [0.2, 0.25) is 0 Å². The molecule has 0 atom stereocenters. The molecule has 1 aromatic heterocycles. The van der Waals surface area contributed by atoms with Gasteiger partial charge in [0.1, 0.15) is 11.5 Å². The van der Waals surface area contributed by atoms with Gasteiger partial charge in [-0.05, 0) is 77.9 Å². The number of rotatable bonds is 9. The number of hydrogen-bond acceptors (Lipinski definition) is 6. The third-order valence-corrected chi connectivity index (χ3v) is 7.03. The minimum atomic E-state index is -0.541. The Morgan fingerprint density at radius 1 is 1.05 bits per heavy atom. The second kappa shape index (κ2) is 11.3. The summed E-state index contributed by atoms with van der Waals surface area (Å²) in [4.78, 5) is 34.9. The average molecular weight is 527 g/mol. The van der Waals surface area contributed by atoms with Crippen molar-refractivity contribution >= 4 is 51.4 Å². The van der Waals surface area contributed by atoms with Gasteiger partial charge >= 0.3 is 0 Å². The van der Waals surface area contributed by atoms with Crippen LogP contribution in [0.25, 0.3) is 17.0 Å². The van der Waals surface area contributed by atoms with Gasteiger partial charge in [-0.1, -0.05) is 30.3 Å². The van der Waals surface area contributed by atoms with E-state index in [2.05, 4.69) is 11.1 Å². The normalized spacial score (nSPS) is 15.5. The highest BCUT2D eigenvalue weighted by molar-refractivity contribution is 8.18. The number of amides is 2. The zero-order chi connectivity index (χ0) is 26.5. The number of ether oxygens (including phenoxy) is 2. The number of carbonyl (C=O) groups excluding carboxylic acids is 2. The average Bonchev–Trinajstić information content (AvgIpc) is 3.47. The maximum absolute atomic E-state index is 13.5. The van der Waals surface area contributed by atoms with Crippen LogP contribution in [0.15, 0.2) is 88.9 Å². The summed E-state index contributed by atoms with van der Waals surface area (Å²) in [7, 11) is 1.62. The molecule has 1 saturated heterocycles. The molecule has 0 aliphatic carbocycles. The molecule has 2 heterocycles. The number of carbonyl (C=O) groups is 2. The number of fused-ring (bicyclic) bond motifs is 1. The second-order valence-corrected chi connectivity index (χ2v) is 9.60. The summed E-state index contributed by atoms with van der Waals surface area (Å²) in [6.45, 7) is 0.297. The first kappa shape index (κ1) is 25.2. The quantitative estimate of drug-likeness (QED) is 0.302. The largest absolute Gasteiger partial charge is 0.497 e. The predicted octanol–water partition coefficient (Wildman–Crippen LogP) is 4.89. The number of amidine groups is 1. The van der Waals surface area contributed by atoms with Gasteiger partial charge in [0, 0.05) is 23.6 Å². The summed E-state index contributed by atoms with van der Waals surface area (Å²) in [5.74, 6) is 0.624. The van der Waals surface area contributed by atoms with E-state index in [1.54, 1.807) is 24.1 Å². The Morgan fingerprint density at radius 3 is 2.53 bits per heavy atom. The number of para-hydroxylation sites is 1. The standard InChI is InChI=1S/C29H26N4O4S/c1-36-22-12-8-21(9-13-22)32-29-33(15-14-20-17-31-25-5-3-2-4-24(20)25)28(35)26(38-29)16-19-6-10-23(11-7-19)37-18-27(30)34/h2-13,16-17,31H,14-15,18H2,1H3,(H2,30,34)/b26-16-,32-29?. The summed E-state index contributed by atoms with van der Waals surface area (Å²) in [5.41, 5.74) is 8.91. The zero-order valence-electron chi connectivity index (χ0n) is 20.7. The van der Waals surface area contributed by atoms with E-state index < -0.39 is 5.91 Å². The van der Waals surface area contributed by atoms with Gasteiger partial charge in [-0.25, -0.2) is 4.99 Å². The van der Waals surface area contributed by atoms with E-state index in [4.69, 9.17) is 20.2 Å². The van der Waals surface area contributed by atoms with Gasteiger partial charge in [0.15, 0.2) is 11.8 Å². The molecule has 0 radical (unpaired) electrons. The number of aromatic nitrogens is 1. The second-order valence-electron chi connectivity index (χ2n) is 8.59. The van der Waals surface area contributed by atoms with Crippen LogP contribution in [0.4, 0.5) is 5.69 Å². The molecule has 0 bridgehead atoms. The van der Waals surface area contributed by atoms with Gasteiger partial charge in [-0.3, -0.25) is 14.5 Å². The lowest BCUT2D eigenvalue weighted by Crippen LogP contribution is -2.31. The van der Waals surface area contributed by atoms with E-state index in [1.807, 2.05) is 66.9 Å². The molecule has 0 saturated carbocycles. The van der Waals surface area contributed by atoms with Crippen LogP contribution < -0.4 is 15.2 Å². The Kier molecular flexibility index (Phi) is 7.46. The van der Waals surface area contributed by atoms with Crippen molar-refractivity contribution in [1.82, 2.24) is 9.88 Å². The van der Waals surface area contributed by atoms with Crippen LogP contribution in [0.5, 0.6) is 11.5 Å². The predicted molar refractivity (Wildman–Crippen MR) is 151 cm³/mol. The van der Waals surface area contributed by atoms with Crippen LogP contribution in [0.2, 0.25) is 0 Å². The topological polar surface area (TPSA) is 110 Å². The molecule has 38 heavy (non-hydrogen) atoms. The fraction of sp³-hybridized carbons (Fsp3) is 0.138. The molecule has 0 unspecified atom stereocenters. The smallest absolute Gasteiger partial charge is 0.266 e. The number of nitrogens with two attached hydrogens (primary N) is 1. The van der Waals surface area contributed by atoms with E-state index in [0.717, 1.165) is 33.5 Å². The molecule has 5 rings (SSSR count). The van der Waals surface area contributed by atoms with Crippen molar-refractivity contribution < 1.29 is 19.1 Å². The first-order valence-corrected chi connectivity index (χ1v) is 12.8. The fourth-order valence-electron chi connectivity index (χ4n) is 4.09. The molecule has 1 aliphatic rings. The fourth-order valence-corrected chi connectivity index (χ4v) is 5.12. The van der Waals surface area contributed by atoms with Gasteiger partial charge in [-0.2, -0.15) is 0 Å². The summed E-state index contributed by atoms with van der Waals surface area (Å²) in [5, 5.41) is 1.77. The zero-order valence-corrected chi connectivity index (χ0v) is 21.5. The van der Waals surface area contributed by atoms with E-state index in [-0.39, 0.29) is 12.5 Å². The number of nitrogens with zero attached hydrogens (tertiary/aromatic N) is 2. The summed E-state index contributed by atoms with van der Waals surface area (Å²) < 4.78 is 10.6. The molecule has 4 aromatic rings. The lowest BCUT2D eigenvalue weighted by Gasteiger charge is -2.15. The van der Waals surface area contributed by atoms with Crippen LogP contribution >= 0.6 is 11.8 Å². The Hall–Kier alpha value is -4.50. The number of aliphatic imine (C=N–C) groups is 1. The van der Waals surface area contributed by atoms with Crippen LogP contribution in [0.3, 0.4) is 0 Å². The molecule has 3 N–H and O–H groups in total. The molecule has 0 spiro atoms. The number of H-pyrrole nitrogens is 1. The molecule has 1 aliphatic heterocycles. The van der Waals surface area contributed by atoms with Crippen LogP contribution in [-0.4, -0.2) is 47.1 Å². The van der Waals surface area contributed by atoms with E-state index >= 15 is 0 Å². The monoisotopic (exact) mass is 526 g/mol. The van der Waals surface area contributed by atoms with E-state index in [9.17, 15) is 9.59 Å². The molecule has 192 valence electrons. The summed E-state index contributed by atoms with van der Waals surface area (Å²) in [6.07, 6.45) is 4.51. The number of benzene rings is 3. The van der Waals surface area contributed by atoms with Crippen molar-refractivity contribution in [2.24, 2.45) is 10.7 Å². The number of thioether (sulfide) groups is 1. The van der Waals surface area contributed by atoms with Gasteiger partial charge in [-0.15, -0.1) is 0 Å². The Labute approximate surface area is 224 Å².